The zero-order valence-electron chi connectivity index (χ0n) is 21.3. The van der Waals surface area contributed by atoms with E-state index < -0.39 is 21.8 Å². The summed E-state index contributed by atoms with van der Waals surface area (Å²) in [5.74, 6) is -1.51. The van der Waals surface area contributed by atoms with Gasteiger partial charge in [-0.15, -0.1) is 11.3 Å². The van der Waals surface area contributed by atoms with Crippen LogP contribution in [0.3, 0.4) is 0 Å². The Balaban J connectivity index is 1.12. The molecule has 1 fully saturated rings. The minimum absolute atomic E-state index is 0.274. The third-order valence-electron chi connectivity index (χ3n) is 6.94. The lowest BCUT2D eigenvalue weighted by Gasteiger charge is -2.36. The van der Waals surface area contributed by atoms with E-state index in [4.69, 9.17) is 11.6 Å². The summed E-state index contributed by atoms with van der Waals surface area (Å²) in [6.07, 6.45) is 1.45. The predicted octanol–water partition coefficient (Wildman–Crippen LogP) is 3.42. The fourth-order valence-corrected chi connectivity index (χ4v) is 7.63. The summed E-state index contributed by atoms with van der Waals surface area (Å²) in [4.78, 5) is 29.6. The Kier molecular flexibility index (Phi) is 8.41. The van der Waals surface area contributed by atoms with Crippen LogP contribution in [0.4, 0.5) is 17.1 Å². The van der Waals surface area contributed by atoms with Crippen molar-refractivity contribution >= 4 is 61.8 Å². The van der Waals surface area contributed by atoms with Crippen molar-refractivity contribution in [3.8, 4) is 0 Å². The molecule has 2 amide bonds. The third-order valence-corrected chi connectivity index (χ3v) is 10.4. The molecular formula is C27H30ClN5O4S2. The van der Waals surface area contributed by atoms with E-state index in [0.29, 0.717) is 42.5 Å². The van der Waals surface area contributed by atoms with E-state index in [1.165, 1.54) is 15.6 Å². The number of piperazine rings is 1. The maximum atomic E-state index is 13.2. The second kappa shape index (κ2) is 12.0. The van der Waals surface area contributed by atoms with Crippen molar-refractivity contribution in [2.45, 2.75) is 17.1 Å². The summed E-state index contributed by atoms with van der Waals surface area (Å²) in [5, 5.41) is 7.75. The molecule has 12 heteroatoms. The summed E-state index contributed by atoms with van der Waals surface area (Å²) < 4.78 is 28.0. The standard InChI is InChI=1S/C27H30ClN5O4S2/c28-21-6-9-23(10-7-21)32-16-14-31(15-17-32)13-11-29-26(34)27(35)30-22-8-5-20-3-1-12-33(24(20)19-22)39(36,37)25-4-2-18-38-25/h2,4-10,18-19H,1,3,11-17H2,(H,29,34)(H,30,35). The van der Waals surface area contributed by atoms with Crippen molar-refractivity contribution < 1.29 is 18.0 Å². The van der Waals surface area contributed by atoms with E-state index in [1.807, 2.05) is 30.3 Å². The lowest BCUT2D eigenvalue weighted by Crippen LogP contribution is -2.49. The first-order valence-electron chi connectivity index (χ1n) is 12.8. The number of halogens is 1. The molecule has 5 rings (SSSR count). The van der Waals surface area contributed by atoms with Crippen LogP contribution in [0.1, 0.15) is 12.0 Å². The van der Waals surface area contributed by atoms with Crippen LogP contribution in [0, 0.1) is 0 Å². The average molecular weight is 588 g/mol. The van der Waals surface area contributed by atoms with Crippen molar-refractivity contribution in [3.63, 3.8) is 0 Å². The van der Waals surface area contributed by atoms with E-state index in [9.17, 15) is 18.0 Å². The van der Waals surface area contributed by atoms with Gasteiger partial charge in [0.1, 0.15) is 4.21 Å². The quantitative estimate of drug-likeness (QED) is 0.411. The molecule has 0 spiro atoms. The van der Waals surface area contributed by atoms with Gasteiger partial charge in [0, 0.05) is 62.2 Å². The Labute approximate surface area is 237 Å². The monoisotopic (exact) mass is 587 g/mol. The number of aryl methyl sites for hydroxylation is 1. The minimum Gasteiger partial charge on any atom is -0.369 e. The fraction of sp³-hybridized carbons (Fsp3) is 0.333. The normalized spacial score (nSPS) is 16.0. The molecule has 0 radical (unpaired) electrons. The maximum Gasteiger partial charge on any atom is 0.313 e. The molecule has 39 heavy (non-hydrogen) atoms. The number of thiophene rings is 1. The van der Waals surface area contributed by atoms with E-state index >= 15 is 0 Å². The van der Waals surface area contributed by atoms with Crippen molar-refractivity contribution in [2.24, 2.45) is 0 Å². The highest BCUT2D eigenvalue weighted by atomic mass is 35.5. The Morgan fingerprint density at radius 1 is 0.949 bits per heavy atom. The number of rotatable bonds is 7. The van der Waals surface area contributed by atoms with Gasteiger partial charge in [0.15, 0.2) is 0 Å². The van der Waals surface area contributed by atoms with Gasteiger partial charge in [-0.05, 0) is 66.2 Å². The van der Waals surface area contributed by atoms with Gasteiger partial charge in [0.25, 0.3) is 10.0 Å². The van der Waals surface area contributed by atoms with Crippen LogP contribution >= 0.6 is 22.9 Å². The number of sulfonamides is 1. The van der Waals surface area contributed by atoms with Gasteiger partial charge in [0.2, 0.25) is 0 Å². The number of hydrogen-bond donors (Lipinski definition) is 2. The van der Waals surface area contributed by atoms with E-state index in [2.05, 4.69) is 20.4 Å². The summed E-state index contributed by atoms with van der Waals surface area (Å²) in [7, 11) is -3.69. The first-order valence-corrected chi connectivity index (χ1v) is 15.5. The van der Waals surface area contributed by atoms with Gasteiger partial charge in [-0.1, -0.05) is 23.7 Å². The van der Waals surface area contributed by atoms with Crippen LogP contribution in [-0.2, 0) is 26.0 Å². The van der Waals surface area contributed by atoms with Gasteiger partial charge in [0.05, 0.1) is 5.69 Å². The minimum atomic E-state index is -3.69. The number of carbonyl (C=O) groups is 2. The highest BCUT2D eigenvalue weighted by Crippen LogP contribution is 2.35. The first kappa shape index (κ1) is 27.4. The summed E-state index contributed by atoms with van der Waals surface area (Å²) in [5.41, 5.74) is 2.93. The Hall–Kier alpha value is -3.12. The van der Waals surface area contributed by atoms with Crippen molar-refractivity contribution in [1.82, 2.24) is 10.2 Å². The summed E-state index contributed by atoms with van der Waals surface area (Å²) >= 11 is 7.15. The predicted molar refractivity (Wildman–Crippen MR) is 155 cm³/mol. The number of amides is 2. The second-order valence-electron chi connectivity index (χ2n) is 9.47. The van der Waals surface area contributed by atoms with Crippen molar-refractivity contribution in [3.05, 3.63) is 70.6 Å². The highest BCUT2D eigenvalue weighted by molar-refractivity contribution is 7.94. The SMILES string of the molecule is O=C(NCCN1CCN(c2ccc(Cl)cc2)CC1)C(=O)Nc1ccc2c(c1)N(S(=O)(=O)c1cccs1)CCC2. The molecule has 3 aromatic rings. The topological polar surface area (TPSA) is 102 Å². The summed E-state index contributed by atoms with van der Waals surface area (Å²) in [6.45, 7) is 4.79. The molecular weight excluding hydrogens is 558 g/mol. The van der Waals surface area contributed by atoms with Crippen LogP contribution in [-0.4, -0.2) is 70.9 Å². The van der Waals surface area contributed by atoms with E-state index in [0.717, 1.165) is 43.9 Å². The molecule has 1 saturated heterocycles. The molecule has 0 saturated carbocycles. The lowest BCUT2D eigenvalue weighted by molar-refractivity contribution is -0.136. The number of nitrogens with one attached hydrogen (secondary N) is 2. The maximum absolute atomic E-state index is 13.2. The van der Waals surface area contributed by atoms with Crippen LogP contribution < -0.4 is 19.8 Å². The lowest BCUT2D eigenvalue weighted by atomic mass is 10.0. The molecule has 3 heterocycles. The van der Waals surface area contributed by atoms with Crippen molar-refractivity contribution in [1.29, 1.82) is 0 Å². The molecule has 1 aromatic heterocycles. The number of fused-ring (bicyclic) bond motifs is 1. The van der Waals surface area contributed by atoms with Crippen LogP contribution in [0.15, 0.2) is 64.2 Å². The summed E-state index contributed by atoms with van der Waals surface area (Å²) in [6, 6.07) is 16.2. The average Bonchev–Trinajstić information content (AvgIpc) is 3.50. The first-order chi connectivity index (χ1) is 18.8. The molecule has 2 N–H and O–H groups in total. The molecule has 0 unspecified atom stereocenters. The molecule has 2 aliphatic heterocycles. The number of nitrogens with zero attached hydrogens (tertiary/aromatic N) is 3. The Morgan fingerprint density at radius 3 is 2.44 bits per heavy atom. The van der Waals surface area contributed by atoms with Gasteiger partial charge < -0.3 is 15.5 Å². The molecule has 2 aromatic carbocycles. The second-order valence-corrected chi connectivity index (χ2v) is 12.9. The Morgan fingerprint density at radius 2 is 1.72 bits per heavy atom. The largest absolute Gasteiger partial charge is 0.369 e. The van der Waals surface area contributed by atoms with E-state index in [-0.39, 0.29) is 4.21 Å². The molecule has 9 nitrogen and oxygen atoms in total. The van der Waals surface area contributed by atoms with Gasteiger partial charge in [-0.3, -0.25) is 18.8 Å². The zero-order chi connectivity index (χ0) is 27.4. The Bertz CT molecular complexity index is 1420. The highest BCUT2D eigenvalue weighted by Gasteiger charge is 2.30. The zero-order valence-corrected chi connectivity index (χ0v) is 23.7. The molecule has 206 valence electrons. The van der Waals surface area contributed by atoms with Gasteiger partial charge in [-0.25, -0.2) is 8.42 Å². The van der Waals surface area contributed by atoms with Gasteiger partial charge >= 0.3 is 11.8 Å². The van der Waals surface area contributed by atoms with Crippen LogP contribution in [0.25, 0.3) is 0 Å². The number of anilines is 3. The van der Waals surface area contributed by atoms with Gasteiger partial charge in [-0.2, -0.15) is 0 Å². The number of carbonyl (C=O) groups excluding carboxylic acids is 2. The molecule has 0 aliphatic carbocycles. The smallest absolute Gasteiger partial charge is 0.313 e. The van der Waals surface area contributed by atoms with Crippen LogP contribution in [0.2, 0.25) is 5.02 Å². The molecule has 0 bridgehead atoms. The van der Waals surface area contributed by atoms with Crippen molar-refractivity contribution in [2.75, 3.05) is 60.3 Å². The molecule has 0 atom stereocenters. The number of hydrogen-bond acceptors (Lipinski definition) is 7. The third kappa shape index (κ3) is 6.38. The fourth-order valence-electron chi connectivity index (χ4n) is 4.86. The van der Waals surface area contributed by atoms with Crippen LogP contribution in [0.5, 0.6) is 0 Å². The molecule has 2 aliphatic rings. The number of benzene rings is 2. The van der Waals surface area contributed by atoms with E-state index in [1.54, 1.807) is 29.6 Å².